The molecule has 0 saturated carbocycles. The monoisotopic (exact) mass is 296 g/mol. The minimum absolute atomic E-state index is 0.423. The molecule has 3 rings (SSSR count). The van der Waals surface area contributed by atoms with Crippen molar-refractivity contribution in [3.8, 4) is 0 Å². The van der Waals surface area contributed by atoms with Gasteiger partial charge < -0.3 is 10.4 Å². The van der Waals surface area contributed by atoms with Gasteiger partial charge in [0.25, 0.3) is 0 Å². The van der Waals surface area contributed by atoms with Gasteiger partial charge in [-0.1, -0.05) is 24.3 Å². The number of benzene rings is 1. The average Bonchev–Trinajstić information content (AvgIpc) is 2.59. The second-order valence-electron chi connectivity index (χ2n) is 6.16. The van der Waals surface area contributed by atoms with Crippen molar-refractivity contribution in [2.75, 3.05) is 13.1 Å². The van der Waals surface area contributed by atoms with Crippen molar-refractivity contribution in [1.29, 1.82) is 0 Å². The molecule has 0 bridgehead atoms. The van der Waals surface area contributed by atoms with Gasteiger partial charge in [0, 0.05) is 18.1 Å². The summed E-state index contributed by atoms with van der Waals surface area (Å²) in [6.45, 7) is 6.04. The maximum atomic E-state index is 10.6. The van der Waals surface area contributed by atoms with Crippen LogP contribution in [0, 0.1) is 11.8 Å². The SMILES string of the molecule is C=C[C@H]1CNCC[C@H]1CC[C@H](O)c1ccnc2ccccc12. The Kier molecular flexibility index (Phi) is 4.86. The van der Waals surface area contributed by atoms with Gasteiger partial charge in [-0.3, -0.25) is 4.98 Å². The van der Waals surface area contributed by atoms with Gasteiger partial charge in [0.1, 0.15) is 0 Å². The van der Waals surface area contributed by atoms with E-state index in [9.17, 15) is 5.11 Å². The fraction of sp³-hybridized carbons (Fsp3) is 0.421. The second kappa shape index (κ2) is 7.03. The lowest BCUT2D eigenvalue weighted by Crippen LogP contribution is -2.35. The number of fused-ring (bicyclic) bond motifs is 1. The van der Waals surface area contributed by atoms with Gasteiger partial charge >= 0.3 is 0 Å². The van der Waals surface area contributed by atoms with Crippen LogP contribution in [0.4, 0.5) is 0 Å². The third kappa shape index (κ3) is 3.21. The molecule has 1 aliphatic rings. The summed E-state index contributed by atoms with van der Waals surface area (Å²) in [6, 6.07) is 9.96. The predicted molar refractivity (Wildman–Crippen MR) is 90.6 cm³/mol. The summed E-state index contributed by atoms with van der Waals surface area (Å²) >= 11 is 0. The van der Waals surface area contributed by atoms with Crippen LogP contribution in [0.3, 0.4) is 0 Å². The van der Waals surface area contributed by atoms with E-state index in [-0.39, 0.29) is 0 Å². The van der Waals surface area contributed by atoms with Crippen molar-refractivity contribution in [2.45, 2.75) is 25.4 Å². The van der Waals surface area contributed by atoms with E-state index in [4.69, 9.17) is 0 Å². The van der Waals surface area contributed by atoms with E-state index < -0.39 is 6.10 Å². The molecule has 1 saturated heterocycles. The molecule has 3 nitrogen and oxygen atoms in total. The van der Waals surface area contributed by atoms with E-state index in [0.717, 1.165) is 42.4 Å². The maximum Gasteiger partial charge on any atom is 0.0797 e. The number of hydrogen-bond donors (Lipinski definition) is 2. The Morgan fingerprint density at radius 2 is 2.23 bits per heavy atom. The fourth-order valence-electron chi connectivity index (χ4n) is 3.51. The molecule has 0 radical (unpaired) electrons. The van der Waals surface area contributed by atoms with Crippen LogP contribution in [0.15, 0.2) is 49.2 Å². The Labute approximate surface area is 132 Å². The molecule has 0 amide bonds. The van der Waals surface area contributed by atoms with Gasteiger partial charge in [-0.2, -0.15) is 0 Å². The van der Waals surface area contributed by atoms with Gasteiger partial charge in [-0.25, -0.2) is 0 Å². The molecule has 2 aromatic rings. The van der Waals surface area contributed by atoms with Crippen LogP contribution in [0.2, 0.25) is 0 Å². The Balaban J connectivity index is 1.71. The van der Waals surface area contributed by atoms with Crippen LogP contribution in [-0.4, -0.2) is 23.2 Å². The molecule has 0 unspecified atom stereocenters. The third-order valence-electron chi connectivity index (χ3n) is 4.83. The first kappa shape index (κ1) is 15.2. The van der Waals surface area contributed by atoms with Crippen LogP contribution in [-0.2, 0) is 0 Å². The molecule has 0 spiro atoms. The van der Waals surface area contributed by atoms with Crippen LogP contribution in [0.5, 0.6) is 0 Å². The maximum absolute atomic E-state index is 10.6. The van der Waals surface area contributed by atoms with Crippen molar-refractivity contribution in [2.24, 2.45) is 11.8 Å². The number of para-hydroxylation sites is 1. The molecular weight excluding hydrogens is 272 g/mol. The zero-order valence-corrected chi connectivity index (χ0v) is 12.9. The molecule has 3 heteroatoms. The van der Waals surface area contributed by atoms with E-state index in [0.29, 0.717) is 11.8 Å². The number of rotatable bonds is 5. The summed E-state index contributed by atoms with van der Waals surface area (Å²) in [5.74, 6) is 1.15. The van der Waals surface area contributed by atoms with E-state index in [1.165, 1.54) is 6.42 Å². The Morgan fingerprint density at radius 1 is 1.36 bits per heavy atom. The largest absolute Gasteiger partial charge is 0.388 e. The summed E-state index contributed by atoms with van der Waals surface area (Å²) < 4.78 is 0. The van der Waals surface area contributed by atoms with Crippen LogP contribution < -0.4 is 5.32 Å². The summed E-state index contributed by atoms with van der Waals surface area (Å²) in [6.07, 6.45) is 6.43. The number of aromatic nitrogens is 1. The third-order valence-corrected chi connectivity index (χ3v) is 4.83. The van der Waals surface area contributed by atoms with Gasteiger partial charge in [0.05, 0.1) is 11.6 Å². The van der Waals surface area contributed by atoms with Gasteiger partial charge in [-0.15, -0.1) is 6.58 Å². The average molecular weight is 296 g/mol. The lowest BCUT2D eigenvalue weighted by atomic mass is 9.82. The molecule has 1 fully saturated rings. The first-order chi connectivity index (χ1) is 10.8. The lowest BCUT2D eigenvalue weighted by molar-refractivity contribution is 0.147. The summed E-state index contributed by atoms with van der Waals surface area (Å²) in [5, 5.41) is 15.1. The minimum Gasteiger partial charge on any atom is -0.388 e. The van der Waals surface area contributed by atoms with Crippen LogP contribution >= 0.6 is 0 Å². The van der Waals surface area contributed by atoms with E-state index >= 15 is 0 Å². The van der Waals surface area contributed by atoms with Gasteiger partial charge in [0.15, 0.2) is 0 Å². The van der Waals surface area contributed by atoms with Crippen molar-refractivity contribution >= 4 is 10.9 Å². The molecule has 22 heavy (non-hydrogen) atoms. The van der Waals surface area contributed by atoms with E-state index in [2.05, 4.69) is 23.0 Å². The number of aliphatic hydroxyl groups excluding tert-OH is 1. The quantitative estimate of drug-likeness (QED) is 0.831. The molecule has 116 valence electrons. The van der Waals surface area contributed by atoms with E-state index in [1.807, 2.05) is 30.3 Å². The highest BCUT2D eigenvalue weighted by atomic mass is 16.3. The zero-order chi connectivity index (χ0) is 15.4. The number of nitrogens with zero attached hydrogens (tertiary/aromatic N) is 1. The van der Waals surface area contributed by atoms with Crippen molar-refractivity contribution in [1.82, 2.24) is 10.3 Å². The molecular formula is C19H24N2O. The van der Waals surface area contributed by atoms with Crippen LogP contribution in [0.1, 0.15) is 30.9 Å². The molecule has 1 aliphatic heterocycles. The van der Waals surface area contributed by atoms with Crippen LogP contribution in [0.25, 0.3) is 10.9 Å². The highest BCUT2D eigenvalue weighted by Gasteiger charge is 2.23. The smallest absolute Gasteiger partial charge is 0.0797 e. The highest BCUT2D eigenvalue weighted by molar-refractivity contribution is 5.82. The first-order valence-electron chi connectivity index (χ1n) is 8.14. The number of nitrogens with one attached hydrogen (secondary N) is 1. The van der Waals surface area contributed by atoms with E-state index in [1.54, 1.807) is 6.20 Å². The topological polar surface area (TPSA) is 45.1 Å². The fourth-order valence-corrected chi connectivity index (χ4v) is 3.51. The van der Waals surface area contributed by atoms with Gasteiger partial charge in [-0.05, 0) is 55.3 Å². The predicted octanol–water partition coefficient (Wildman–Crippen LogP) is 3.46. The minimum atomic E-state index is -0.423. The molecule has 0 aliphatic carbocycles. The second-order valence-corrected chi connectivity index (χ2v) is 6.16. The Bertz CT molecular complexity index is 635. The number of hydrogen-bond acceptors (Lipinski definition) is 3. The Morgan fingerprint density at radius 3 is 3.09 bits per heavy atom. The lowest BCUT2D eigenvalue weighted by Gasteiger charge is -2.30. The van der Waals surface area contributed by atoms with Crippen molar-refractivity contribution < 1.29 is 5.11 Å². The molecule has 3 atom stereocenters. The summed E-state index contributed by atoms with van der Waals surface area (Å²) in [4.78, 5) is 4.37. The standard InChI is InChI=1S/C19H24N2O/c1-2-14-13-20-11-9-15(14)7-8-19(22)17-10-12-21-18-6-4-3-5-16(17)18/h2-6,10,12,14-15,19-20,22H,1,7-9,11,13H2/t14-,15+,19-/m0/s1. The molecule has 2 heterocycles. The number of aliphatic hydroxyl groups is 1. The van der Waals surface area contributed by atoms with Gasteiger partial charge in [0.2, 0.25) is 0 Å². The first-order valence-corrected chi connectivity index (χ1v) is 8.14. The number of piperidine rings is 1. The zero-order valence-electron chi connectivity index (χ0n) is 12.9. The highest BCUT2D eigenvalue weighted by Crippen LogP contribution is 2.31. The summed E-state index contributed by atoms with van der Waals surface area (Å²) in [5.41, 5.74) is 1.94. The molecule has 1 aromatic heterocycles. The molecule has 1 aromatic carbocycles. The normalized spacial score (nSPS) is 23.3. The van der Waals surface area contributed by atoms with Crippen molar-refractivity contribution in [3.63, 3.8) is 0 Å². The van der Waals surface area contributed by atoms with Crippen molar-refractivity contribution in [3.05, 3.63) is 54.7 Å². The molecule has 2 N–H and O–H groups in total. The summed E-state index contributed by atoms with van der Waals surface area (Å²) in [7, 11) is 0. The number of pyridine rings is 1. The Hall–Kier alpha value is -1.71.